The van der Waals surface area contributed by atoms with Crippen LogP contribution in [-0.4, -0.2) is 19.1 Å². The van der Waals surface area contributed by atoms with E-state index in [1.54, 1.807) is 0 Å². The largest absolute Gasteiger partial charge is 0.309 e. The summed E-state index contributed by atoms with van der Waals surface area (Å²) in [6.07, 6.45) is 9.58. The van der Waals surface area contributed by atoms with Crippen molar-refractivity contribution in [2.45, 2.75) is 12.8 Å². The maximum atomic E-state index is 4.28. The van der Waals surface area contributed by atoms with Gasteiger partial charge in [-0.25, -0.2) is 0 Å². The van der Waals surface area contributed by atoms with Crippen molar-refractivity contribution < 1.29 is 0 Å². The molecule has 0 atom stereocenters. The van der Waals surface area contributed by atoms with Crippen molar-refractivity contribution in [3.63, 3.8) is 0 Å². The maximum absolute atomic E-state index is 4.28. The van der Waals surface area contributed by atoms with Crippen LogP contribution < -0.4 is 0 Å². The molecule has 0 unspecified atom stereocenters. The summed E-state index contributed by atoms with van der Waals surface area (Å²) in [6, 6.07) is 35.6. The third kappa shape index (κ3) is 2.96. The van der Waals surface area contributed by atoms with Crippen LogP contribution in [0.2, 0.25) is 0 Å². The van der Waals surface area contributed by atoms with Gasteiger partial charge in [0.25, 0.3) is 0 Å². The average Bonchev–Trinajstić information content (AvgIpc) is 3.52. The molecule has 1 aliphatic carbocycles. The molecule has 0 saturated carbocycles. The Hall–Kier alpha value is -5.22. The second-order valence-corrected chi connectivity index (χ2v) is 10.7. The van der Waals surface area contributed by atoms with E-state index in [1.807, 2.05) is 24.8 Å². The van der Waals surface area contributed by atoms with Crippen molar-refractivity contribution in [3.8, 4) is 22.5 Å². The fourth-order valence-electron chi connectivity index (χ4n) is 6.85. The summed E-state index contributed by atoms with van der Waals surface area (Å²) >= 11 is 0. The minimum Gasteiger partial charge on any atom is -0.309 e. The molecule has 40 heavy (non-hydrogen) atoms. The normalized spacial score (nSPS) is 12.8. The molecule has 0 amide bonds. The van der Waals surface area contributed by atoms with E-state index in [1.165, 1.54) is 65.9 Å². The van der Waals surface area contributed by atoms with Gasteiger partial charge < -0.3 is 9.13 Å². The molecule has 9 rings (SSSR count). The van der Waals surface area contributed by atoms with E-state index in [0.29, 0.717) is 0 Å². The Bertz CT molecular complexity index is 2090. The molecule has 4 aromatic heterocycles. The third-order valence-corrected chi connectivity index (χ3v) is 8.59. The minimum atomic E-state index is 1.04. The van der Waals surface area contributed by atoms with Crippen molar-refractivity contribution >= 4 is 43.6 Å². The highest BCUT2D eigenvalue weighted by Gasteiger charge is 2.23. The molecule has 4 aromatic carbocycles. The first kappa shape index (κ1) is 21.7. The van der Waals surface area contributed by atoms with Crippen molar-refractivity contribution in [1.29, 1.82) is 0 Å². The molecule has 0 saturated heterocycles. The SMILES string of the molecule is c1ccc2c(c1)c1cc3c(cc1n2-c1ccncc1)-c1cc2c(cc1CC3)c1ccccc1n2-c1ccncc1. The van der Waals surface area contributed by atoms with Crippen LogP contribution in [0.3, 0.4) is 0 Å². The van der Waals surface area contributed by atoms with Crippen LogP contribution >= 0.6 is 0 Å². The zero-order chi connectivity index (χ0) is 26.2. The predicted octanol–water partition coefficient (Wildman–Crippen LogP) is 8.44. The predicted molar refractivity (Wildman–Crippen MR) is 164 cm³/mol. The van der Waals surface area contributed by atoms with E-state index in [4.69, 9.17) is 0 Å². The number of para-hydroxylation sites is 2. The monoisotopic (exact) mass is 512 g/mol. The van der Waals surface area contributed by atoms with E-state index >= 15 is 0 Å². The first-order valence-corrected chi connectivity index (χ1v) is 13.8. The second-order valence-electron chi connectivity index (χ2n) is 10.7. The number of benzene rings is 4. The maximum Gasteiger partial charge on any atom is 0.0547 e. The molecule has 4 heterocycles. The Morgan fingerprint density at radius 1 is 0.425 bits per heavy atom. The number of hydrogen-bond acceptors (Lipinski definition) is 2. The Morgan fingerprint density at radius 3 is 1.30 bits per heavy atom. The highest BCUT2D eigenvalue weighted by Crippen LogP contribution is 2.43. The quantitative estimate of drug-likeness (QED) is 0.233. The number of rotatable bonds is 2. The summed E-state index contributed by atoms with van der Waals surface area (Å²) in [5, 5.41) is 5.19. The first-order chi connectivity index (χ1) is 19.8. The summed E-state index contributed by atoms with van der Waals surface area (Å²) < 4.78 is 4.76. The lowest BCUT2D eigenvalue weighted by Crippen LogP contribution is -2.05. The van der Waals surface area contributed by atoms with Crippen LogP contribution in [0.5, 0.6) is 0 Å². The molecule has 1 aliphatic rings. The van der Waals surface area contributed by atoms with E-state index in [0.717, 1.165) is 24.2 Å². The molecule has 8 aromatic rings. The molecule has 0 bridgehead atoms. The van der Waals surface area contributed by atoms with Crippen LogP contribution in [0, 0.1) is 0 Å². The van der Waals surface area contributed by atoms with Crippen LogP contribution in [0.4, 0.5) is 0 Å². The summed E-state index contributed by atoms with van der Waals surface area (Å²) in [5.74, 6) is 0. The van der Waals surface area contributed by atoms with Crippen molar-refractivity contribution in [2.24, 2.45) is 0 Å². The average molecular weight is 513 g/mol. The second kappa shape index (κ2) is 8.14. The van der Waals surface area contributed by atoms with Gasteiger partial charge in [0.05, 0.1) is 22.1 Å². The van der Waals surface area contributed by atoms with E-state index in [9.17, 15) is 0 Å². The lowest BCUT2D eigenvalue weighted by Gasteiger charge is -2.21. The number of nitrogens with zero attached hydrogens (tertiary/aromatic N) is 4. The molecular formula is C36H24N4. The zero-order valence-electron chi connectivity index (χ0n) is 21.8. The smallest absolute Gasteiger partial charge is 0.0547 e. The summed E-state index contributed by atoms with van der Waals surface area (Å²) in [7, 11) is 0. The molecule has 0 N–H and O–H groups in total. The van der Waals surface area contributed by atoms with Gasteiger partial charge in [0.2, 0.25) is 0 Å². The molecule has 0 spiro atoms. The fraction of sp³-hybridized carbons (Fsp3) is 0.0556. The van der Waals surface area contributed by atoms with E-state index in [2.05, 4.69) is 116 Å². The topological polar surface area (TPSA) is 35.6 Å². The number of aromatic nitrogens is 4. The van der Waals surface area contributed by atoms with E-state index in [-0.39, 0.29) is 0 Å². The van der Waals surface area contributed by atoms with Gasteiger partial charge in [-0.1, -0.05) is 36.4 Å². The number of pyridine rings is 2. The summed E-state index contributed by atoms with van der Waals surface area (Å²) in [6.45, 7) is 0. The number of hydrogen-bond donors (Lipinski definition) is 0. The fourth-order valence-corrected chi connectivity index (χ4v) is 6.85. The summed E-state index contributed by atoms with van der Waals surface area (Å²) in [4.78, 5) is 8.55. The van der Waals surface area contributed by atoms with E-state index < -0.39 is 0 Å². The van der Waals surface area contributed by atoms with Crippen LogP contribution in [-0.2, 0) is 12.8 Å². The number of fused-ring (bicyclic) bond motifs is 9. The Morgan fingerprint density at radius 2 is 0.850 bits per heavy atom. The molecule has 188 valence electrons. The van der Waals surface area contributed by atoms with Gasteiger partial charge in [0.1, 0.15) is 0 Å². The highest BCUT2D eigenvalue weighted by atomic mass is 15.0. The van der Waals surface area contributed by atoms with Gasteiger partial charge in [0, 0.05) is 57.7 Å². The number of aryl methyl sites for hydroxylation is 2. The van der Waals surface area contributed by atoms with Gasteiger partial charge >= 0.3 is 0 Å². The van der Waals surface area contributed by atoms with Gasteiger partial charge in [-0.3, -0.25) is 9.97 Å². The van der Waals surface area contributed by atoms with Crippen LogP contribution in [0.15, 0.2) is 122 Å². The Labute approximate surface area is 230 Å². The van der Waals surface area contributed by atoms with Crippen molar-refractivity contribution in [2.75, 3.05) is 0 Å². The first-order valence-electron chi connectivity index (χ1n) is 13.8. The lowest BCUT2D eigenvalue weighted by atomic mass is 9.84. The Kier molecular flexibility index (Phi) is 4.41. The molecule has 4 nitrogen and oxygen atoms in total. The van der Waals surface area contributed by atoms with Crippen LogP contribution in [0.25, 0.3) is 66.1 Å². The molecular weight excluding hydrogens is 488 g/mol. The van der Waals surface area contributed by atoms with Crippen LogP contribution in [0.1, 0.15) is 11.1 Å². The standard InChI is InChI=1S/C36H24N4/c1-3-7-33-27(5-1)31-19-23-9-10-24-20-32-28-6-2-4-8-34(28)40(26-13-17-38-18-14-26)36(32)22-30(24)29(23)21-35(31)39(33)25-11-15-37-16-12-25/h1-8,11-22H,9-10H2. The van der Waals surface area contributed by atoms with Gasteiger partial charge in [-0.15, -0.1) is 0 Å². The lowest BCUT2D eigenvalue weighted by molar-refractivity contribution is 0.946. The van der Waals surface area contributed by atoms with Gasteiger partial charge in [-0.05, 0) is 95.8 Å². The highest BCUT2D eigenvalue weighted by molar-refractivity contribution is 6.13. The molecule has 4 heteroatoms. The van der Waals surface area contributed by atoms with Gasteiger partial charge in [0.15, 0.2) is 0 Å². The van der Waals surface area contributed by atoms with Crippen molar-refractivity contribution in [3.05, 3.63) is 133 Å². The summed E-state index contributed by atoms with van der Waals surface area (Å²) in [5.41, 5.74) is 12.7. The molecule has 0 aliphatic heterocycles. The minimum absolute atomic E-state index is 1.04. The molecule has 0 fully saturated rings. The third-order valence-electron chi connectivity index (χ3n) is 8.59. The van der Waals surface area contributed by atoms with Crippen molar-refractivity contribution in [1.82, 2.24) is 19.1 Å². The molecule has 0 radical (unpaired) electrons. The van der Waals surface area contributed by atoms with Gasteiger partial charge in [-0.2, -0.15) is 0 Å². The Balaban J connectivity index is 1.37. The zero-order valence-corrected chi connectivity index (χ0v) is 21.8.